The maximum absolute atomic E-state index is 12.5. The van der Waals surface area contributed by atoms with Gasteiger partial charge in [-0.25, -0.2) is 4.98 Å². The van der Waals surface area contributed by atoms with Crippen LogP contribution in [0.3, 0.4) is 0 Å². The summed E-state index contributed by atoms with van der Waals surface area (Å²) in [6.45, 7) is 1.25. The Morgan fingerprint density at radius 1 is 1.35 bits per heavy atom. The molecule has 0 aliphatic heterocycles. The average molecular weight is 377 g/mol. The van der Waals surface area contributed by atoms with Crippen LogP contribution in [0.15, 0.2) is 41.1 Å². The highest BCUT2D eigenvalue weighted by atomic mass is 79.9. The Bertz CT molecular complexity index is 667. The van der Waals surface area contributed by atoms with E-state index < -0.39 is 0 Å². The van der Waals surface area contributed by atoms with Crippen molar-refractivity contribution in [2.75, 3.05) is 11.9 Å². The largest absolute Gasteiger partial charge is 0.330 e. The van der Waals surface area contributed by atoms with Crippen molar-refractivity contribution >= 4 is 27.8 Å². The zero-order chi connectivity index (χ0) is 16.2. The molecule has 2 atom stereocenters. The second-order valence-electron chi connectivity index (χ2n) is 6.03. The number of halogens is 1. The first-order chi connectivity index (χ1) is 11.2. The number of amides is 1. The first-order valence-electron chi connectivity index (χ1n) is 7.94. The molecule has 1 aromatic heterocycles. The number of imidazole rings is 1. The van der Waals surface area contributed by atoms with E-state index in [1.165, 1.54) is 0 Å². The molecule has 1 fully saturated rings. The van der Waals surface area contributed by atoms with Crippen molar-refractivity contribution in [1.29, 1.82) is 0 Å². The van der Waals surface area contributed by atoms with Crippen LogP contribution in [0, 0.1) is 11.8 Å². The molecule has 3 rings (SSSR count). The van der Waals surface area contributed by atoms with Crippen molar-refractivity contribution in [1.82, 2.24) is 9.55 Å². The molecule has 0 bridgehead atoms. The molecule has 0 spiro atoms. The summed E-state index contributed by atoms with van der Waals surface area (Å²) in [4.78, 5) is 16.8. The average Bonchev–Trinajstić information content (AvgIpc) is 3.19. The summed E-state index contributed by atoms with van der Waals surface area (Å²) >= 11 is 3.43. The maximum atomic E-state index is 12.5. The number of benzene rings is 1. The zero-order valence-electron chi connectivity index (χ0n) is 12.9. The summed E-state index contributed by atoms with van der Waals surface area (Å²) in [6.07, 6.45) is 6.63. The van der Waals surface area contributed by atoms with Gasteiger partial charge in [0.1, 0.15) is 0 Å². The van der Waals surface area contributed by atoms with Crippen molar-refractivity contribution in [3.8, 4) is 0 Å². The van der Waals surface area contributed by atoms with E-state index in [0.717, 1.165) is 29.3 Å². The number of nitrogens with one attached hydrogen (secondary N) is 1. The quantitative estimate of drug-likeness (QED) is 0.842. The van der Waals surface area contributed by atoms with Gasteiger partial charge in [0.05, 0.1) is 6.54 Å². The number of aromatic nitrogens is 2. The summed E-state index contributed by atoms with van der Waals surface area (Å²) in [7, 11) is 0. The molecule has 0 saturated heterocycles. The van der Waals surface area contributed by atoms with Crippen molar-refractivity contribution in [2.24, 2.45) is 17.6 Å². The van der Waals surface area contributed by atoms with Crippen LogP contribution in [0.5, 0.6) is 0 Å². The monoisotopic (exact) mass is 376 g/mol. The summed E-state index contributed by atoms with van der Waals surface area (Å²) in [5.74, 6) is 0.949. The highest BCUT2D eigenvalue weighted by Gasteiger charge is 2.32. The van der Waals surface area contributed by atoms with Crippen LogP contribution in [0.1, 0.15) is 24.8 Å². The Morgan fingerprint density at radius 3 is 2.87 bits per heavy atom. The van der Waals surface area contributed by atoms with Gasteiger partial charge in [-0.1, -0.05) is 34.5 Å². The lowest BCUT2D eigenvalue weighted by atomic mass is 9.95. The van der Waals surface area contributed by atoms with Gasteiger partial charge in [-0.2, -0.15) is 0 Å². The third-order valence-electron chi connectivity index (χ3n) is 4.52. The van der Waals surface area contributed by atoms with E-state index in [1.807, 2.05) is 22.9 Å². The van der Waals surface area contributed by atoms with Gasteiger partial charge in [-0.05, 0) is 43.0 Å². The normalized spacial score (nSPS) is 20.6. The summed E-state index contributed by atoms with van der Waals surface area (Å²) in [6, 6.07) is 8.12. The standard InChI is InChI=1S/C17H21BrN4O/c18-14-6-4-12(5-7-14)11-22-9-8-20-17(22)21-16(23)15-3-1-2-13(15)10-19/h4-9,13,15H,1-3,10-11,19H2,(H,20,21,23)/t13-,15-/m1/s1. The van der Waals surface area contributed by atoms with E-state index >= 15 is 0 Å². The number of nitrogens with two attached hydrogens (primary N) is 1. The van der Waals surface area contributed by atoms with Crippen molar-refractivity contribution in [2.45, 2.75) is 25.8 Å². The summed E-state index contributed by atoms with van der Waals surface area (Å²) in [5, 5.41) is 2.98. The highest BCUT2D eigenvalue weighted by Crippen LogP contribution is 2.31. The lowest BCUT2D eigenvalue weighted by Gasteiger charge is -2.17. The van der Waals surface area contributed by atoms with Crippen LogP contribution in [-0.4, -0.2) is 22.0 Å². The number of hydrogen-bond acceptors (Lipinski definition) is 3. The molecule has 0 unspecified atom stereocenters. The van der Waals surface area contributed by atoms with Gasteiger partial charge in [0.25, 0.3) is 0 Å². The van der Waals surface area contributed by atoms with Crippen LogP contribution in [-0.2, 0) is 11.3 Å². The van der Waals surface area contributed by atoms with Crippen LogP contribution in [0.4, 0.5) is 5.95 Å². The minimum atomic E-state index is 0.0119. The second kappa shape index (κ2) is 7.27. The Hall–Kier alpha value is -1.66. The molecule has 23 heavy (non-hydrogen) atoms. The van der Waals surface area contributed by atoms with Crippen LogP contribution < -0.4 is 11.1 Å². The smallest absolute Gasteiger partial charge is 0.230 e. The Morgan fingerprint density at radius 2 is 2.13 bits per heavy atom. The third-order valence-corrected chi connectivity index (χ3v) is 5.04. The SMILES string of the molecule is NC[C@H]1CCC[C@H]1C(=O)Nc1nccn1Cc1ccc(Br)cc1. The van der Waals surface area contributed by atoms with Gasteiger partial charge in [-0.3, -0.25) is 10.1 Å². The fraction of sp³-hybridized carbons (Fsp3) is 0.412. The minimum Gasteiger partial charge on any atom is -0.330 e. The van der Waals surface area contributed by atoms with Gasteiger partial charge in [0.2, 0.25) is 11.9 Å². The molecule has 0 radical (unpaired) electrons. The van der Waals surface area contributed by atoms with E-state index in [2.05, 4.69) is 38.4 Å². The van der Waals surface area contributed by atoms with E-state index in [9.17, 15) is 4.79 Å². The highest BCUT2D eigenvalue weighted by molar-refractivity contribution is 9.10. The number of nitrogens with zero attached hydrogens (tertiary/aromatic N) is 2. The van der Waals surface area contributed by atoms with Crippen LogP contribution in [0.2, 0.25) is 0 Å². The Labute approximate surface area is 144 Å². The number of carbonyl (C=O) groups excluding carboxylic acids is 1. The molecule has 1 amide bonds. The first kappa shape index (κ1) is 16.2. The molecule has 1 aromatic carbocycles. The van der Waals surface area contributed by atoms with Crippen molar-refractivity contribution in [3.05, 3.63) is 46.7 Å². The number of anilines is 1. The molecule has 2 aromatic rings. The molecule has 122 valence electrons. The fourth-order valence-electron chi connectivity index (χ4n) is 3.21. The van der Waals surface area contributed by atoms with E-state index in [4.69, 9.17) is 5.73 Å². The van der Waals surface area contributed by atoms with Gasteiger partial charge in [-0.15, -0.1) is 0 Å². The predicted molar refractivity (Wildman–Crippen MR) is 94.0 cm³/mol. The van der Waals surface area contributed by atoms with Gasteiger partial charge < -0.3 is 10.3 Å². The minimum absolute atomic E-state index is 0.0119. The van der Waals surface area contributed by atoms with E-state index in [-0.39, 0.29) is 11.8 Å². The van der Waals surface area contributed by atoms with Gasteiger partial charge >= 0.3 is 0 Å². The Balaban J connectivity index is 1.68. The van der Waals surface area contributed by atoms with E-state index in [1.54, 1.807) is 6.20 Å². The second-order valence-corrected chi connectivity index (χ2v) is 6.94. The molecule has 1 aliphatic carbocycles. The van der Waals surface area contributed by atoms with Gasteiger partial charge in [0.15, 0.2) is 0 Å². The lowest BCUT2D eigenvalue weighted by Crippen LogP contribution is -2.30. The molecule has 1 heterocycles. The zero-order valence-corrected chi connectivity index (χ0v) is 14.5. The first-order valence-corrected chi connectivity index (χ1v) is 8.73. The molecule has 6 heteroatoms. The Kier molecular flexibility index (Phi) is 5.13. The summed E-state index contributed by atoms with van der Waals surface area (Å²) in [5.41, 5.74) is 6.93. The van der Waals surface area contributed by atoms with Crippen LogP contribution in [0.25, 0.3) is 0 Å². The predicted octanol–water partition coefficient (Wildman–Crippen LogP) is 3.01. The molecule has 1 aliphatic rings. The topological polar surface area (TPSA) is 72.9 Å². The van der Waals surface area contributed by atoms with Crippen LogP contribution >= 0.6 is 15.9 Å². The molecule has 5 nitrogen and oxygen atoms in total. The van der Waals surface area contributed by atoms with E-state index in [0.29, 0.717) is 25.0 Å². The third kappa shape index (κ3) is 3.82. The maximum Gasteiger partial charge on any atom is 0.230 e. The van der Waals surface area contributed by atoms with Crippen molar-refractivity contribution in [3.63, 3.8) is 0 Å². The molecule has 3 N–H and O–H groups in total. The molecular weight excluding hydrogens is 356 g/mol. The fourth-order valence-corrected chi connectivity index (χ4v) is 3.48. The summed E-state index contributed by atoms with van der Waals surface area (Å²) < 4.78 is 3.00. The lowest BCUT2D eigenvalue weighted by molar-refractivity contribution is -0.120. The van der Waals surface area contributed by atoms with Gasteiger partial charge in [0, 0.05) is 22.8 Å². The van der Waals surface area contributed by atoms with Crippen molar-refractivity contribution < 1.29 is 4.79 Å². The molecular formula is C17H21BrN4O. The number of rotatable bonds is 5. The number of carbonyl (C=O) groups is 1. The number of hydrogen-bond donors (Lipinski definition) is 2. The molecule has 1 saturated carbocycles.